The Hall–Kier alpha value is -7.43. The highest BCUT2D eigenvalue weighted by Gasteiger charge is 2.39. The fraction of sp³-hybridized carbons (Fsp3) is 0.300. The van der Waals surface area contributed by atoms with E-state index in [2.05, 4.69) is 27.3 Å². The summed E-state index contributed by atoms with van der Waals surface area (Å²) in [4.78, 5) is 62.8. The van der Waals surface area contributed by atoms with Crippen molar-refractivity contribution in [2.45, 2.75) is 64.1 Å². The van der Waals surface area contributed by atoms with Gasteiger partial charge in [-0.05, 0) is 85.0 Å². The number of hydrogen-bond acceptors (Lipinski definition) is 12. The van der Waals surface area contributed by atoms with Gasteiger partial charge in [-0.3, -0.25) is 34.4 Å². The third-order valence-corrected chi connectivity index (χ3v) is 12.3. The number of para-hydroxylation sites is 2. The summed E-state index contributed by atoms with van der Waals surface area (Å²) >= 11 is 0. The number of hydrogen-bond donors (Lipinski definition) is 4. The van der Waals surface area contributed by atoms with E-state index in [4.69, 9.17) is 28.7 Å². The summed E-state index contributed by atoms with van der Waals surface area (Å²) in [6.07, 6.45) is 3.21. The molecular weight excluding hydrogens is 843 g/mol. The molecule has 0 unspecified atom stereocenters. The van der Waals surface area contributed by atoms with Crippen LogP contribution in [0.1, 0.15) is 56.8 Å². The molecule has 66 heavy (non-hydrogen) atoms. The topological polar surface area (TPSA) is 181 Å². The van der Waals surface area contributed by atoms with Crippen LogP contribution in [0.3, 0.4) is 0 Å². The van der Waals surface area contributed by atoms with E-state index in [1.165, 1.54) is 21.3 Å². The van der Waals surface area contributed by atoms with Crippen molar-refractivity contribution >= 4 is 58.3 Å². The second-order valence-electron chi connectivity index (χ2n) is 16.7. The number of ether oxygens (including phenoxy) is 5. The zero-order chi connectivity index (χ0) is 46.1. The normalized spacial score (nSPS) is 17.3. The summed E-state index contributed by atoms with van der Waals surface area (Å²) in [5.41, 5.74) is 7.71. The molecule has 4 amide bonds. The quantitative estimate of drug-likeness (QED) is 0.0883. The number of carbonyl (C=O) groups excluding carboxylic acids is 4. The maximum Gasteiger partial charge on any atom is 0.261 e. The standard InChI is InChI=1S/C50H51N7O9/c1-28(53-27-62-3)47(58)54-29(2)48(59)55-34-15-30(25-65-45-21-39-37(19-43(45)63-4)49(60)56-35(23-51-39)17-32-10-6-8-12-41(32)56)14-31(16-34)26-66-46-22-40-38(20-44(46)64-5)50(61)57-36(24-52-40)18-33-11-7-9-13-42(33)57/h6-16,19-23,28-29,35-36,52-53H,17-18,24-27H2,1-5H3,(H,54,58)(H,55,59)/t28-,29-,35-,36-/m0/s1. The molecule has 4 heterocycles. The lowest BCUT2D eigenvalue weighted by Crippen LogP contribution is -2.49. The first-order valence-electron chi connectivity index (χ1n) is 21.8. The molecule has 16 nitrogen and oxygen atoms in total. The minimum atomic E-state index is -0.885. The van der Waals surface area contributed by atoms with Crippen molar-refractivity contribution in [3.63, 3.8) is 0 Å². The summed E-state index contributed by atoms with van der Waals surface area (Å²) in [5, 5.41) is 12.1. The fourth-order valence-corrected chi connectivity index (χ4v) is 8.88. The molecule has 0 bridgehead atoms. The van der Waals surface area contributed by atoms with Gasteiger partial charge in [0.1, 0.15) is 19.3 Å². The molecule has 0 spiro atoms. The van der Waals surface area contributed by atoms with E-state index in [9.17, 15) is 19.2 Å². The lowest BCUT2D eigenvalue weighted by atomic mass is 10.1. The Morgan fingerprint density at radius 1 is 0.727 bits per heavy atom. The average molecular weight is 894 g/mol. The van der Waals surface area contributed by atoms with Crippen molar-refractivity contribution in [1.82, 2.24) is 10.6 Å². The summed E-state index contributed by atoms with van der Waals surface area (Å²) < 4.78 is 29.4. The first kappa shape index (κ1) is 43.8. The highest BCUT2D eigenvalue weighted by Crippen LogP contribution is 2.43. The highest BCUT2D eigenvalue weighted by molar-refractivity contribution is 6.15. The maximum atomic E-state index is 14.1. The number of carbonyl (C=O) groups is 4. The molecule has 0 saturated heterocycles. The number of anilines is 4. The average Bonchev–Trinajstić information content (AvgIpc) is 3.82. The van der Waals surface area contributed by atoms with Gasteiger partial charge in [0.2, 0.25) is 11.8 Å². The second-order valence-corrected chi connectivity index (χ2v) is 16.7. The molecule has 16 heteroatoms. The number of nitrogens with zero attached hydrogens (tertiary/aromatic N) is 3. The van der Waals surface area contributed by atoms with Crippen LogP contribution < -0.4 is 50.0 Å². The summed E-state index contributed by atoms with van der Waals surface area (Å²) in [6.45, 7) is 4.06. The van der Waals surface area contributed by atoms with E-state index in [0.717, 1.165) is 28.9 Å². The Labute approximate surface area is 382 Å². The Bertz CT molecular complexity index is 2760. The van der Waals surface area contributed by atoms with Crippen LogP contribution in [0.2, 0.25) is 0 Å². The van der Waals surface area contributed by atoms with Crippen molar-refractivity contribution in [3.05, 3.63) is 124 Å². The van der Waals surface area contributed by atoms with Gasteiger partial charge < -0.3 is 44.5 Å². The van der Waals surface area contributed by atoms with E-state index >= 15 is 0 Å². The molecule has 0 radical (unpaired) electrons. The third-order valence-electron chi connectivity index (χ3n) is 12.3. The summed E-state index contributed by atoms with van der Waals surface area (Å²) in [5.74, 6) is 0.386. The molecule has 4 aliphatic heterocycles. The number of benzene rings is 5. The van der Waals surface area contributed by atoms with Crippen molar-refractivity contribution < 1.29 is 42.9 Å². The zero-order valence-electron chi connectivity index (χ0n) is 37.3. The number of nitrogens with one attached hydrogen (secondary N) is 4. The lowest BCUT2D eigenvalue weighted by molar-refractivity contribution is -0.127. The highest BCUT2D eigenvalue weighted by atomic mass is 16.5. The SMILES string of the molecule is COCN[C@@H](C)C(=O)N[C@@H](C)C(=O)Nc1cc(COc2cc3c(cc2OC)C(=O)N2c4ccccc4C[C@H]2C=N3)cc(COc2cc3c(cc2OC)C(=O)N2c4ccccc4C[C@H]2CN3)c1. The molecule has 5 aromatic rings. The largest absolute Gasteiger partial charge is 0.493 e. The van der Waals surface area contributed by atoms with Gasteiger partial charge in [-0.25, -0.2) is 0 Å². The third kappa shape index (κ3) is 8.59. The van der Waals surface area contributed by atoms with Crippen LogP contribution in [0.4, 0.5) is 28.4 Å². The zero-order valence-corrected chi connectivity index (χ0v) is 37.3. The monoisotopic (exact) mass is 893 g/mol. The maximum absolute atomic E-state index is 14.1. The number of fused-ring (bicyclic) bond motifs is 8. The molecular formula is C50H51N7O9. The molecule has 4 N–H and O–H groups in total. The van der Waals surface area contributed by atoms with E-state index in [1.54, 1.807) is 61.4 Å². The number of methoxy groups -OCH3 is 3. The first-order chi connectivity index (χ1) is 32.0. The van der Waals surface area contributed by atoms with Gasteiger partial charge in [0.25, 0.3) is 11.8 Å². The van der Waals surface area contributed by atoms with E-state index < -0.39 is 18.0 Å². The van der Waals surface area contributed by atoms with Crippen molar-refractivity contribution in [2.75, 3.05) is 55.0 Å². The molecule has 5 aromatic carbocycles. The predicted molar refractivity (Wildman–Crippen MR) is 250 cm³/mol. The van der Waals surface area contributed by atoms with Crippen LogP contribution in [-0.2, 0) is 40.4 Å². The minimum absolute atomic E-state index is 0.0234. The Balaban J connectivity index is 0.970. The number of aliphatic imine (C=N–C) groups is 1. The van der Waals surface area contributed by atoms with E-state index in [1.807, 2.05) is 53.4 Å². The fourth-order valence-electron chi connectivity index (χ4n) is 8.88. The van der Waals surface area contributed by atoms with Crippen molar-refractivity contribution in [1.29, 1.82) is 0 Å². The first-order valence-corrected chi connectivity index (χ1v) is 21.8. The number of amides is 4. The lowest BCUT2D eigenvalue weighted by Gasteiger charge is -2.22. The summed E-state index contributed by atoms with van der Waals surface area (Å²) in [7, 11) is 4.55. The van der Waals surface area contributed by atoms with Crippen LogP contribution in [0.25, 0.3) is 0 Å². The van der Waals surface area contributed by atoms with Gasteiger partial charge in [0.15, 0.2) is 23.0 Å². The van der Waals surface area contributed by atoms with Gasteiger partial charge in [0, 0.05) is 55.5 Å². The van der Waals surface area contributed by atoms with Crippen LogP contribution >= 0.6 is 0 Å². The second kappa shape index (κ2) is 18.6. The molecule has 340 valence electrons. The predicted octanol–water partition coefficient (Wildman–Crippen LogP) is 6.17. The van der Waals surface area contributed by atoms with Gasteiger partial charge in [0.05, 0.1) is 61.6 Å². The van der Waals surface area contributed by atoms with Gasteiger partial charge in [-0.1, -0.05) is 36.4 Å². The van der Waals surface area contributed by atoms with Crippen LogP contribution in [0.5, 0.6) is 23.0 Å². The van der Waals surface area contributed by atoms with Gasteiger partial charge >= 0.3 is 0 Å². The Morgan fingerprint density at radius 2 is 1.35 bits per heavy atom. The van der Waals surface area contributed by atoms with Crippen molar-refractivity contribution in [3.8, 4) is 23.0 Å². The van der Waals surface area contributed by atoms with Crippen LogP contribution in [0.15, 0.2) is 96.0 Å². The Kier molecular flexibility index (Phi) is 12.3. The number of rotatable bonds is 15. The molecule has 0 aromatic heterocycles. The molecule has 9 rings (SSSR count). The Morgan fingerprint density at radius 3 is 2.03 bits per heavy atom. The molecule has 4 aliphatic rings. The molecule has 4 atom stereocenters. The molecule has 0 fully saturated rings. The van der Waals surface area contributed by atoms with Crippen LogP contribution in [0, 0.1) is 0 Å². The smallest absolute Gasteiger partial charge is 0.261 e. The van der Waals surface area contributed by atoms with Gasteiger partial charge in [-0.2, -0.15) is 0 Å². The van der Waals surface area contributed by atoms with E-state index in [-0.39, 0.29) is 49.7 Å². The van der Waals surface area contributed by atoms with Gasteiger partial charge in [-0.15, -0.1) is 0 Å². The molecule has 0 saturated carbocycles. The van der Waals surface area contributed by atoms with Crippen LogP contribution in [-0.4, -0.2) is 88.6 Å². The summed E-state index contributed by atoms with van der Waals surface area (Å²) in [6, 6.07) is 26.3. The molecule has 0 aliphatic carbocycles. The van der Waals surface area contributed by atoms with Crippen molar-refractivity contribution in [2.24, 2.45) is 4.99 Å². The van der Waals surface area contributed by atoms with E-state index in [0.29, 0.717) is 75.3 Å². The minimum Gasteiger partial charge on any atom is -0.493 e.